The van der Waals surface area contributed by atoms with E-state index in [1.807, 2.05) is 26.0 Å². The van der Waals surface area contributed by atoms with E-state index in [4.69, 9.17) is 13.6 Å². The van der Waals surface area contributed by atoms with Crippen LogP contribution in [0.1, 0.15) is 46.3 Å². The summed E-state index contributed by atoms with van der Waals surface area (Å²) >= 11 is 0. The number of furan rings is 1. The van der Waals surface area contributed by atoms with Crippen molar-refractivity contribution >= 4 is 16.9 Å². The second-order valence-corrected chi connectivity index (χ2v) is 7.70. The molecule has 4 rings (SSSR count). The molecule has 0 saturated heterocycles. The van der Waals surface area contributed by atoms with E-state index in [0.717, 1.165) is 41.3 Å². The minimum absolute atomic E-state index is 0.0423. The Hall–Kier alpha value is -3.06. The van der Waals surface area contributed by atoms with E-state index in [1.54, 1.807) is 19.2 Å². The molecule has 1 unspecified atom stereocenters. The molecular formula is C23H26N2O5. The first-order valence-electron chi connectivity index (χ1n) is 10.2. The van der Waals surface area contributed by atoms with Gasteiger partial charge in [-0.05, 0) is 62.9 Å². The highest BCUT2D eigenvalue weighted by Crippen LogP contribution is 2.33. The largest absolute Gasteiger partial charge is 0.492 e. The van der Waals surface area contributed by atoms with Crippen LogP contribution in [0.5, 0.6) is 5.75 Å². The molecule has 0 saturated carbocycles. The monoisotopic (exact) mass is 410 g/mol. The summed E-state index contributed by atoms with van der Waals surface area (Å²) in [6.45, 7) is 4.85. The Balaban J connectivity index is 1.40. The van der Waals surface area contributed by atoms with Crippen molar-refractivity contribution in [1.82, 2.24) is 10.6 Å². The molecule has 30 heavy (non-hydrogen) atoms. The summed E-state index contributed by atoms with van der Waals surface area (Å²) in [4.78, 5) is 23.8. The Morgan fingerprint density at radius 3 is 2.77 bits per heavy atom. The summed E-state index contributed by atoms with van der Waals surface area (Å²) in [5.74, 6) is 1.43. The first-order valence-corrected chi connectivity index (χ1v) is 10.2. The van der Waals surface area contributed by atoms with Gasteiger partial charge in [-0.2, -0.15) is 0 Å². The van der Waals surface area contributed by atoms with Crippen LogP contribution in [0.15, 0.2) is 37.9 Å². The van der Waals surface area contributed by atoms with Gasteiger partial charge in [0.1, 0.15) is 23.7 Å². The highest BCUT2D eigenvalue weighted by Gasteiger charge is 2.21. The molecule has 0 fully saturated rings. The number of ether oxygens (including phenoxy) is 1. The second-order valence-electron chi connectivity index (χ2n) is 7.70. The maximum absolute atomic E-state index is 12.3. The molecule has 3 aromatic rings. The van der Waals surface area contributed by atoms with Crippen molar-refractivity contribution in [3.8, 4) is 5.75 Å². The van der Waals surface area contributed by atoms with Gasteiger partial charge in [0.25, 0.3) is 5.91 Å². The van der Waals surface area contributed by atoms with Gasteiger partial charge in [-0.1, -0.05) is 0 Å². The molecule has 0 aliphatic heterocycles. The third-order valence-electron chi connectivity index (χ3n) is 5.57. The van der Waals surface area contributed by atoms with Crippen LogP contribution in [0.25, 0.3) is 11.0 Å². The lowest BCUT2D eigenvalue weighted by molar-refractivity contribution is 0.0933. The number of amides is 1. The fourth-order valence-electron chi connectivity index (χ4n) is 3.89. The smallest absolute Gasteiger partial charge is 0.339 e. The standard InChI is InChI=1S/C23H26N2O5/c1-13(25-11-15-7-9-20(29-15)22(26)24-3)12-28-19-10-8-17-16-5-4-6-18(16)23(27)30-21(17)14(19)2/h7-10,13,25H,4-6,11-12H2,1-3H3,(H,24,26). The van der Waals surface area contributed by atoms with Crippen molar-refractivity contribution in [2.24, 2.45) is 0 Å². The van der Waals surface area contributed by atoms with Crippen LogP contribution < -0.4 is 21.0 Å². The molecular weight excluding hydrogens is 384 g/mol. The van der Waals surface area contributed by atoms with E-state index in [9.17, 15) is 9.59 Å². The van der Waals surface area contributed by atoms with Crippen molar-refractivity contribution in [3.63, 3.8) is 0 Å². The summed E-state index contributed by atoms with van der Waals surface area (Å²) in [6.07, 6.45) is 2.72. The Morgan fingerprint density at radius 1 is 1.17 bits per heavy atom. The predicted molar refractivity (Wildman–Crippen MR) is 113 cm³/mol. The summed E-state index contributed by atoms with van der Waals surface area (Å²) in [6, 6.07) is 7.41. The number of rotatable bonds is 7. The molecule has 7 nitrogen and oxygen atoms in total. The van der Waals surface area contributed by atoms with E-state index in [0.29, 0.717) is 30.2 Å². The first-order chi connectivity index (χ1) is 14.5. The SMILES string of the molecule is CNC(=O)c1ccc(CNC(C)COc2ccc3c4c(c(=O)oc3c2C)CCC4)o1. The fraction of sp³-hybridized carbons (Fsp3) is 0.391. The van der Waals surface area contributed by atoms with Crippen molar-refractivity contribution in [2.45, 2.75) is 45.7 Å². The van der Waals surface area contributed by atoms with Crippen molar-refractivity contribution in [2.75, 3.05) is 13.7 Å². The number of aryl methyl sites for hydroxylation is 2. The maximum Gasteiger partial charge on any atom is 0.339 e. The van der Waals surface area contributed by atoms with E-state index in [-0.39, 0.29) is 23.3 Å². The van der Waals surface area contributed by atoms with Crippen LogP contribution in [-0.4, -0.2) is 25.6 Å². The quantitative estimate of drug-likeness (QED) is 0.582. The van der Waals surface area contributed by atoms with Crippen molar-refractivity contribution < 1.29 is 18.4 Å². The van der Waals surface area contributed by atoms with E-state index >= 15 is 0 Å². The number of benzene rings is 1. The summed E-state index contributed by atoms with van der Waals surface area (Å²) in [7, 11) is 1.56. The summed E-state index contributed by atoms with van der Waals surface area (Å²) in [5.41, 5.74) is 3.19. The Kier molecular flexibility index (Phi) is 5.63. The number of hydrogen-bond acceptors (Lipinski definition) is 6. The van der Waals surface area contributed by atoms with Crippen LogP contribution in [0, 0.1) is 6.92 Å². The molecule has 0 bridgehead atoms. The fourth-order valence-corrected chi connectivity index (χ4v) is 3.89. The topological polar surface area (TPSA) is 93.7 Å². The molecule has 1 amide bonds. The van der Waals surface area contributed by atoms with Gasteiger partial charge in [0, 0.05) is 29.6 Å². The van der Waals surface area contributed by atoms with Gasteiger partial charge in [-0.3, -0.25) is 4.79 Å². The number of hydrogen-bond donors (Lipinski definition) is 2. The molecule has 0 spiro atoms. The number of fused-ring (bicyclic) bond motifs is 3. The highest BCUT2D eigenvalue weighted by atomic mass is 16.5. The predicted octanol–water partition coefficient (Wildman–Crippen LogP) is 3.10. The zero-order valence-corrected chi connectivity index (χ0v) is 17.5. The van der Waals surface area contributed by atoms with Crippen LogP contribution >= 0.6 is 0 Å². The van der Waals surface area contributed by atoms with Crippen LogP contribution in [0.4, 0.5) is 0 Å². The van der Waals surface area contributed by atoms with Crippen LogP contribution in [0.2, 0.25) is 0 Å². The molecule has 2 N–H and O–H groups in total. The maximum atomic E-state index is 12.3. The molecule has 1 aromatic carbocycles. The van der Waals surface area contributed by atoms with Gasteiger partial charge in [0.2, 0.25) is 0 Å². The van der Waals surface area contributed by atoms with E-state index in [2.05, 4.69) is 10.6 Å². The molecule has 2 aromatic heterocycles. The Bertz CT molecular complexity index is 1140. The van der Waals surface area contributed by atoms with Gasteiger partial charge < -0.3 is 24.2 Å². The molecule has 0 radical (unpaired) electrons. The number of carbonyl (C=O) groups is 1. The Labute approximate surface area is 174 Å². The van der Waals surface area contributed by atoms with Crippen molar-refractivity contribution in [1.29, 1.82) is 0 Å². The minimum Gasteiger partial charge on any atom is -0.492 e. The zero-order chi connectivity index (χ0) is 21.3. The average Bonchev–Trinajstić information content (AvgIpc) is 3.42. The third-order valence-corrected chi connectivity index (χ3v) is 5.57. The zero-order valence-electron chi connectivity index (χ0n) is 17.5. The number of nitrogens with one attached hydrogen (secondary N) is 2. The minimum atomic E-state index is -0.248. The molecule has 1 aliphatic carbocycles. The molecule has 2 heterocycles. The van der Waals surface area contributed by atoms with Crippen molar-refractivity contribution in [3.05, 3.63) is 62.9 Å². The lowest BCUT2D eigenvalue weighted by Crippen LogP contribution is -2.31. The lowest BCUT2D eigenvalue weighted by atomic mass is 10.0. The molecule has 1 aliphatic rings. The van der Waals surface area contributed by atoms with Gasteiger partial charge in [-0.15, -0.1) is 0 Å². The van der Waals surface area contributed by atoms with E-state index < -0.39 is 0 Å². The normalized spacial score (nSPS) is 14.0. The van der Waals surface area contributed by atoms with Crippen LogP contribution in [0.3, 0.4) is 0 Å². The third kappa shape index (κ3) is 3.85. The van der Waals surface area contributed by atoms with Gasteiger partial charge >= 0.3 is 5.63 Å². The average molecular weight is 410 g/mol. The van der Waals surface area contributed by atoms with Gasteiger partial charge in [-0.25, -0.2) is 4.79 Å². The number of carbonyl (C=O) groups excluding carboxylic acids is 1. The van der Waals surface area contributed by atoms with Gasteiger partial charge in [0.05, 0.1) is 6.54 Å². The summed E-state index contributed by atoms with van der Waals surface area (Å²) < 4.78 is 17.1. The van der Waals surface area contributed by atoms with Gasteiger partial charge in [0.15, 0.2) is 5.76 Å². The molecule has 158 valence electrons. The Morgan fingerprint density at radius 2 is 1.97 bits per heavy atom. The first kappa shape index (κ1) is 20.2. The molecule has 1 atom stereocenters. The van der Waals surface area contributed by atoms with Crippen LogP contribution in [-0.2, 0) is 19.4 Å². The molecule has 7 heteroatoms. The van der Waals surface area contributed by atoms with E-state index in [1.165, 1.54) is 0 Å². The highest BCUT2D eigenvalue weighted by molar-refractivity contribution is 5.91. The summed E-state index contributed by atoms with van der Waals surface area (Å²) in [5, 5.41) is 6.86. The second kappa shape index (κ2) is 8.36. The lowest BCUT2D eigenvalue weighted by Gasteiger charge is -2.16.